The first-order valence-corrected chi connectivity index (χ1v) is 9.43. The lowest BCUT2D eigenvalue weighted by Gasteiger charge is -2.25. The molecule has 132 valence electrons. The summed E-state index contributed by atoms with van der Waals surface area (Å²) in [5.74, 6) is 0.643. The molecule has 2 N–H and O–H groups in total. The molecular weight excluding hydrogens is 326 g/mol. The molecule has 0 radical (unpaired) electrons. The van der Waals surface area contributed by atoms with E-state index in [1.54, 1.807) is 0 Å². The largest absolute Gasteiger partial charge is 0.362 e. The molecule has 1 fully saturated rings. The van der Waals surface area contributed by atoms with Crippen molar-refractivity contribution in [2.75, 3.05) is 25.0 Å². The predicted molar refractivity (Wildman–Crippen MR) is 110 cm³/mol. The molecule has 0 bridgehead atoms. The van der Waals surface area contributed by atoms with Crippen molar-refractivity contribution in [3.63, 3.8) is 0 Å². The standard InChI is InChI=1S/C21H27N3S/c1-16-8-10-20(11-9-16)23-21(25)22-14-18-12-13-24(15-18)17(2)19-6-4-3-5-7-19/h3-11,17-18H,12-15H2,1-2H3,(H2,22,23,25)/t17-,18-/m1/s1. The molecular formula is C21H27N3S. The molecule has 0 aromatic heterocycles. The minimum absolute atomic E-state index is 0.476. The highest BCUT2D eigenvalue weighted by Gasteiger charge is 2.26. The highest BCUT2D eigenvalue weighted by Crippen LogP contribution is 2.26. The van der Waals surface area contributed by atoms with Crippen LogP contribution in [0.1, 0.15) is 30.5 Å². The fourth-order valence-corrected chi connectivity index (χ4v) is 3.57. The second-order valence-corrected chi connectivity index (χ2v) is 7.35. The maximum atomic E-state index is 5.43. The van der Waals surface area contributed by atoms with Crippen LogP contribution < -0.4 is 10.6 Å². The Bertz CT molecular complexity index is 684. The highest BCUT2D eigenvalue weighted by atomic mass is 32.1. The molecule has 0 saturated carbocycles. The number of hydrogen-bond acceptors (Lipinski definition) is 2. The molecule has 1 heterocycles. The number of thiocarbonyl (C=S) groups is 1. The summed E-state index contributed by atoms with van der Waals surface area (Å²) in [7, 11) is 0. The Morgan fingerprint density at radius 1 is 1.16 bits per heavy atom. The van der Waals surface area contributed by atoms with Gasteiger partial charge in [0.2, 0.25) is 0 Å². The zero-order valence-corrected chi connectivity index (χ0v) is 15.9. The van der Waals surface area contributed by atoms with Crippen LogP contribution >= 0.6 is 12.2 Å². The second kappa shape index (κ2) is 8.45. The number of nitrogens with zero attached hydrogens (tertiary/aromatic N) is 1. The van der Waals surface area contributed by atoms with Crippen molar-refractivity contribution in [1.82, 2.24) is 10.2 Å². The van der Waals surface area contributed by atoms with Gasteiger partial charge in [0.15, 0.2) is 5.11 Å². The SMILES string of the molecule is Cc1ccc(NC(=S)NC[C@H]2CCN([C@H](C)c3ccccc3)C2)cc1. The van der Waals surface area contributed by atoms with Crippen LogP contribution in [-0.4, -0.2) is 29.6 Å². The first-order valence-electron chi connectivity index (χ1n) is 9.02. The van der Waals surface area contributed by atoms with Gasteiger partial charge in [0.25, 0.3) is 0 Å². The summed E-state index contributed by atoms with van der Waals surface area (Å²) in [6.07, 6.45) is 1.22. The highest BCUT2D eigenvalue weighted by molar-refractivity contribution is 7.80. The van der Waals surface area contributed by atoms with Crippen molar-refractivity contribution < 1.29 is 0 Å². The molecule has 0 unspecified atom stereocenters. The van der Waals surface area contributed by atoms with Gasteiger partial charge in [-0.25, -0.2) is 0 Å². The maximum absolute atomic E-state index is 5.43. The molecule has 3 nitrogen and oxygen atoms in total. The normalized spacial score (nSPS) is 18.7. The number of anilines is 1. The van der Waals surface area contributed by atoms with Crippen LogP contribution in [0.3, 0.4) is 0 Å². The fourth-order valence-electron chi connectivity index (χ4n) is 3.37. The third-order valence-electron chi connectivity index (χ3n) is 5.01. The van der Waals surface area contributed by atoms with E-state index in [0.717, 1.165) is 25.3 Å². The van der Waals surface area contributed by atoms with Gasteiger partial charge >= 0.3 is 0 Å². The smallest absolute Gasteiger partial charge is 0.170 e. The number of aryl methyl sites for hydroxylation is 1. The summed E-state index contributed by atoms with van der Waals surface area (Å²) in [4.78, 5) is 2.57. The molecule has 0 amide bonds. The lowest BCUT2D eigenvalue weighted by molar-refractivity contribution is 0.253. The summed E-state index contributed by atoms with van der Waals surface area (Å²) in [5.41, 5.74) is 3.68. The van der Waals surface area contributed by atoms with Crippen LogP contribution in [-0.2, 0) is 0 Å². The van der Waals surface area contributed by atoms with Crippen LogP contribution in [0.15, 0.2) is 54.6 Å². The van der Waals surface area contributed by atoms with Gasteiger partial charge in [0.05, 0.1) is 0 Å². The van der Waals surface area contributed by atoms with Crippen molar-refractivity contribution >= 4 is 23.0 Å². The van der Waals surface area contributed by atoms with Gasteiger partial charge < -0.3 is 10.6 Å². The third kappa shape index (κ3) is 5.03. The second-order valence-electron chi connectivity index (χ2n) is 6.94. The Morgan fingerprint density at radius 3 is 2.60 bits per heavy atom. The Morgan fingerprint density at radius 2 is 1.88 bits per heavy atom. The van der Waals surface area contributed by atoms with E-state index in [-0.39, 0.29) is 0 Å². The van der Waals surface area contributed by atoms with Crippen LogP contribution in [0.2, 0.25) is 0 Å². The molecule has 25 heavy (non-hydrogen) atoms. The Hall–Kier alpha value is -1.91. The van der Waals surface area contributed by atoms with Crippen LogP contribution in [0, 0.1) is 12.8 Å². The average Bonchev–Trinajstić information content (AvgIpc) is 3.11. The molecule has 1 aliphatic heterocycles. The third-order valence-corrected chi connectivity index (χ3v) is 5.25. The predicted octanol–water partition coefficient (Wildman–Crippen LogP) is 4.36. The Kier molecular flexibility index (Phi) is 6.05. The Balaban J connectivity index is 1.44. The summed E-state index contributed by atoms with van der Waals surface area (Å²) >= 11 is 5.43. The topological polar surface area (TPSA) is 27.3 Å². The van der Waals surface area contributed by atoms with E-state index in [2.05, 4.69) is 84.0 Å². The van der Waals surface area contributed by atoms with E-state index in [9.17, 15) is 0 Å². The van der Waals surface area contributed by atoms with Crippen molar-refractivity contribution in [2.24, 2.45) is 5.92 Å². The zero-order chi connectivity index (χ0) is 17.6. The van der Waals surface area contributed by atoms with Crippen molar-refractivity contribution in [1.29, 1.82) is 0 Å². The van der Waals surface area contributed by atoms with E-state index >= 15 is 0 Å². The lowest BCUT2D eigenvalue weighted by Crippen LogP contribution is -2.34. The van der Waals surface area contributed by atoms with Crippen LogP contribution in [0.5, 0.6) is 0 Å². The van der Waals surface area contributed by atoms with E-state index in [0.29, 0.717) is 17.1 Å². The maximum Gasteiger partial charge on any atom is 0.170 e. The van der Waals surface area contributed by atoms with Crippen molar-refractivity contribution in [2.45, 2.75) is 26.3 Å². The number of benzene rings is 2. The van der Waals surface area contributed by atoms with Gasteiger partial charge in [-0.05, 0) is 62.6 Å². The molecule has 0 spiro atoms. The first-order chi connectivity index (χ1) is 12.1. The van der Waals surface area contributed by atoms with E-state index in [4.69, 9.17) is 12.2 Å². The van der Waals surface area contributed by atoms with E-state index in [1.807, 2.05) is 0 Å². The van der Waals surface area contributed by atoms with Crippen molar-refractivity contribution in [3.05, 3.63) is 65.7 Å². The Labute approximate surface area is 156 Å². The van der Waals surface area contributed by atoms with Gasteiger partial charge in [-0.1, -0.05) is 48.0 Å². The minimum atomic E-state index is 0.476. The summed E-state index contributed by atoms with van der Waals surface area (Å²) < 4.78 is 0. The minimum Gasteiger partial charge on any atom is -0.362 e. The van der Waals surface area contributed by atoms with E-state index < -0.39 is 0 Å². The number of nitrogens with one attached hydrogen (secondary N) is 2. The molecule has 4 heteroatoms. The molecule has 2 aromatic carbocycles. The van der Waals surface area contributed by atoms with Crippen LogP contribution in [0.4, 0.5) is 5.69 Å². The quantitative estimate of drug-likeness (QED) is 0.781. The van der Waals surface area contributed by atoms with E-state index in [1.165, 1.54) is 17.5 Å². The number of likely N-dealkylation sites (tertiary alicyclic amines) is 1. The average molecular weight is 354 g/mol. The lowest BCUT2D eigenvalue weighted by atomic mass is 10.1. The fraction of sp³-hybridized carbons (Fsp3) is 0.381. The van der Waals surface area contributed by atoms with Crippen LogP contribution in [0.25, 0.3) is 0 Å². The first kappa shape index (κ1) is 17.9. The molecule has 1 aliphatic rings. The zero-order valence-electron chi connectivity index (χ0n) is 15.0. The summed E-state index contributed by atoms with van der Waals surface area (Å²) in [5, 5.41) is 7.35. The van der Waals surface area contributed by atoms with Gasteiger partial charge in [0, 0.05) is 24.8 Å². The molecule has 0 aliphatic carbocycles. The summed E-state index contributed by atoms with van der Waals surface area (Å²) in [6, 6.07) is 19.5. The molecule has 2 atom stereocenters. The monoisotopic (exact) mass is 353 g/mol. The van der Waals surface area contributed by atoms with Gasteiger partial charge in [-0.2, -0.15) is 0 Å². The molecule has 3 rings (SSSR count). The van der Waals surface area contributed by atoms with Gasteiger partial charge in [-0.15, -0.1) is 0 Å². The van der Waals surface area contributed by atoms with Gasteiger partial charge in [-0.3, -0.25) is 4.90 Å². The van der Waals surface area contributed by atoms with Crippen molar-refractivity contribution in [3.8, 4) is 0 Å². The number of rotatable bonds is 5. The summed E-state index contributed by atoms with van der Waals surface area (Å²) in [6.45, 7) is 7.59. The van der Waals surface area contributed by atoms with Gasteiger partial charge in [0.1, 0.15) is 0 Å². The number of hydrogen-bond donors (Lipinski definition) is 2. The molecule has 1 saturated heterocycles. The molecule has 2 aromatic rings.